The Bertz CT molecular complexity index is 575. The molecule has 112 valence electrons. The van der Waals surface area contributed by atoms with E-state index < -0.39 is 0 Å². The van der Waals surface area contributed by atoms with Crippen molar-refractivity contribution in [1.82, 2.24) is 4.90 Å². The van der Waals surface area contributed by atoms with E-state index in [1.807, 2.05) is 24.3 Å². The van der Waals surface area contributed by atoms with E-state index in [-0.39, 0.29) is 0 Å². The first kappa shape index (κ1) is 16.4. The quantitative estimate of drug-likeness (QED) is 0.747. The number of nitrogens with zero attached hydrogens (tertiary/aromatic N) is 1. The summed E-state index contributed by atoms with van der Waals surface area (Å²) >= 11 is 10.7. The lowest BCUT2D eigenvalue weighted by atomic mass is 10.3. The molecule has 0 spiro atoms. The van der Waals surface area contributed by atoms with Crippen LogP contribution in [0.2, 0.25) is 0 Å². The molecule has 1 N–H and O–H groups in total. The molecule has 21 heavy (non-hydrogen) atoms. The van der Waals surface area contributed by atoms with E-state index in [1.54, 1.807) is 18.4 Å². The van der Waals surface area contributed by atoms with Gasteiger partial charge in [-0.1, -0.05) is 28.1 Å². The minimum absolute atomic E-state index is 0.645. The van der Waals surface area contributed by atoms with Gasteiger partial charge in [-0.15, -0.1) is 11.3 Å². The van der Waals surface area contributed by atoms with Crippen molar-refractivity contribution in [2.45, 2.75) is 6.54 Å². The summed E-state index contributed by atoms with van der Waals surface area (Å²) in [4.78, 5) is 3.40. The first-order valence-corrected chi connectivity index (χ1v) is 8.60. The molecule has 1 heterocycles. The third-order valence-electron chi connectivity index (χ3n) is 2.86. The molecule has 1 aromatic heterocycles. The smallest absolute Gasteiger partial charge is 0.173 e. The molecule has 6 heteroatoms. The zero-order valence-corrected chi connectivity index (χ0v) is 14.9. The summed E-state index contributed by atoms with van der Waals surface area (Å²) in [7, 11) is 1.70. The molecule has 1 aromatic carbocycles. The highest BCUT2D eigenvalue weighted by Gasteiger charge is 2.11. The molecule has 0 fully saturated rings. The lowest BCUT2D eigenvalue weighted by Crippen LogP contribution is -2.36. The van der Waals surface area contributed by atoms with Crippen LogP contribution < -0.4 is 5.32 Å². The molecule has 0 bridgehead atoms. The van der Waals surface area contributed by atoms with Crippen molar-refractivity contribution in [2.24, 2.45) is 0 Å². The van der Waals surface area contributed by atoms with Crippen LogP contribution in [0.3, 0.4) is 0 Å². The van der Waals surface area contributed by atoms with Crippen LogP contribution in [-0.4, -0.2) is 30.3 Å². The van der Waals surface area contributed by atoms with Gasteiger partial charge in [-0.25, -0.2) is 0 Å². The summed E-state index contributed by atoms with van der Waals surface area (Å²) in [6.45, 7) is 2.20. The Labute approximate surface area is 143 Å². The van der Waals surface area contributed by atoms with E-state index in [9.17, 15) is 0 Å². The third kappa shape index (κ3) is 5.39. The van der Waals surface area contributed by atoms with Crippen molar-refractivity contribution < 1.29 is 4.74 Å². The normalized spacial score (nSPS) is 10.4. The molecule has 0 saturated heterocycles. The highest BCUT2D eigenvalue weighted by molar-refractivity contribution is 9.10. The Morgan fingerprint density at radius 2 is 2.24 bits per heavy atom. The fraction of sp³-hybridized carbons (Fsp3) is 0.267. The Morgan fingerprint density at radius 3 is 2.90 bits per heavy atom. The van der Waals surface area contributed by atoms with Crippen LogP contribution in [0.4, 0.5) is 5.69 Å². The number of rotatable bonds is 6. The van der Waals surface area contributed by atoms with E-state index in [1.165, 1.54) is 4.88 Å². The summed E-state index contributed by atoms with van der Waals surface area (Å²) in [5.74, 6) is 0. The number of anilines is 1. The zero-order valence-electron chi connectivity index (χ0n) is 11.7. The highest BCUT2D eigenvalue weighted by Crippen LogP contribution is 2.17. The zero-order chi connectivity index (χ0) is 15.1. The lowest BCUT2D eigenvalue weighted by Gasteiger charge is -2.25. The van der Waals surface area contributed by atoms with Gasteiger partial charge in [0.1, 0.15) is 0 Å². The molecule has 0 aliphatic heterocycles. The monoisotopic (exact) mass is 384 g/mol. The predicted molar refractivity (Wildman–Crippen MR) is 97.0 cm³/mol. The van der Waals surface area contributed by atoms with E-state index in [0.717, 1.165) is 23.2 Å². The van der Waals surface area contributed by atoms with Gasteiger partial charge < -0.3 is 15.0 Å². The van der Waals surface area contributed by atoms with Gasteiger partial charge in [0.2, 0.25) is 0 Å². The van der Waals surface area contributed by atoms with Crippen LogP contribution in [0.25, 0.3) is 0 Å². The molecule has 2 rings (SSSR count). The number of hydrogen-bond donors (Lipinski definition) is 1. The molecule has 0 aliphatic carbocycles. The number of benzene rings is 1. The second-order valence-electron chi connectivity index (χ2n) is 4.43. The van der Waals surface area contributed by atoms with E-state index >= 15 is 0 Å². The van der Waals surface area contributed by atoms with Gasteiger partial charge >= 0.3 is 0 Å². The number of thiophene rings is 1. The van der Waals surface area contributed by atoms with Crippen LogP contribution in [0.5, 0.6) is 0 Å². The van der Waals surface area contributed by atoms with Crippen molar-refractivity contribution >= 4 is 50.3 Å². The summed E-state index contributed by atoms with van der Waals surface area (Å²) in [6, 6.07) is 12.1. The Balaban J connectivity index is 2.02. The van der Waals surface area contributed by atoms with Crippen molar-refractivity contribution in [3.63, 3.8) is 0 Å². The summed E-state index contributed by atoms with van der Waals surface area (Å²) in [5, 5.41) is 6.07. The van der Waals surface area contributed by atoms with Gasteiger partial charge in [0.15, 0.2) is 5.11 Å². The van der Waals surface area contributed by atoms with Gasteiger partial charge in [-0.3, -0.25) is 0 Å². The van der Waals surface area contributed by atoms with E-state index in [2.05, 4.69) is 43.7 Å². The second-order valence-corrected chi connectivity index (χ2v) is 6.77. The molecule has 0 saturated carbocycles. The Hall–Kier alpha value is -0.950. The molecule has 0 aliphatic rings. The Morgan fingerprint density at radius 1 is 1.38 bits per heavy atom. The fourth-order valence-electron chi connectivity index (χ4n) is 1.81. The summed E-state index contributed by atoms with van der Waals surface area (Å²) in [5.41, 5.74) is 0.975. The van der Waals surface area contributed by atoms with Gasteiger partial charge in [0.05, 0.1) is 13.2 Å². The molecular formula is C15H17BrN2OS2. The van der Waals surface area contributed by atoms with Crippen LogP contribution in [0.1, 0.15) is 4.88 Å². The van der Waals surface area contributed by atoms with Gasteiger partial charge in [-0.05, 0) is 41.9 Å². The number of nitrogens with one attached hydrogen (secondary N) is 1. The third-order valence-corrected chi connectivity index (χ3v) is 4.57. The number of thiocarbonyl (C=S) groups is 1. The summed E-state index contributed by atoms with van der Waals surface area (Å²) < 4.78 is 6.20. The average Bonchev–Trinajstić information content (AvgIpc) is 2.96. The standard InChI is InChI=1S/C15H17BrN2OS2/c1-19-8-7-18(11-14-6-3-9-21-14)15(20)17-13-5-2-4-12(16)10-13/h2-6,9-10H,7-8,11H2,1H3,(H,17,20). The molecular weight excluding hydrogens is 368 g/mol. The van der Waals surface area contributed by atoms with Crippen LogP contribution >= 0.6 is 39.5 Å². The number of halogens is 1. The maximum Gasteiger partial charge on any atom is 0.173 e. The molecule has 3 nitrogen and oxygen atoms in total. The van der Waals surface area contributed by atoms with Crippen molar-refractivity contribution in [1.29, 1.82) is 0 Å². The van der Waals surface area contributed by atoms with E-state index in [4.69, 9.17) is 17.0 Å². The SMILES string of the molecule is COCCN(Cc1cccs1)C(=S)Nc1cccc(Br)c1. The lowest BCUT2D eigenvalue weighted by molar-refractivity contribution is 0.175. The van der Waals surface area contributed by atoms with Crippen LogP contribution in [-0.2, 0) is 11.3 Å². The fourth-order valence-corrected chi connectivity index (χ4v) is 3.21. The van der Waals surface area contributed by atoms with Crippen molar-refractivity contribution in [3.8, 4) is 0 Å². The first-order chi connectivity index (χ1) is 10.2. The van der Waals surface area contributed by atoms with Gasteiger partial charge in [0, 0.05) is 28.7 Å². The largest absolute Gasteiger partial charge is 0.383 e. The number of hydrogen-bond acceptors (Lipinski definition) is 3. The molecule has 0 amide bonds. The highest BCUT2D eigenvalue weighted by atomic mass is 79.9. The molecule has 0 radical (unpaired) electrons. The van der Waals surface area contributed by atoms with E-state index in [0.29, 0.717) is 11.7 Å². The number of methoxy groups -OCH3 is 1. The summed E-state index contributed by atoms with van der Waals surface area (Å²) in [6.07, 6.45) is 0. The topological polar surface area (TPSA) is 24.5 Å². The van der Waals surface area contributed by atoms with Gasteiger partial charge in [0.25, 0.3) is 0 Å². The minimum atomic E-state index is 0.645. The molecule has 0 atom stereocenters. The maximum absolute atomic E-state index is 5.54. The number of ether oxygens (including phenoxy) is 1. The maximum atomic E-state index is 5.54. The molecule has 0 unspecified atom stereocenters. The minimum Gasteiger partial charge on any atom is -0.383 e. The van der Waals surface area contributed by atoms with Crippen molar-refractivity contribution in [3.05, 3.63) is 51.1 Å². The van der Waals surface area contributed by atoms with Crippen molar-refractivity contribution in [2.75, 3.05) is 25.6 Å². The van der Waals surface area contributed by atoms with Crippen LogP contribution in [0, 0.1) is 0 Å². The van der Waals surface area contributed by atoms with Crippen LogP contribution in [0.15, 0.2) is 46.3 Å². The molecule has 2 aromatic rings. The Kier molecular flexibility index (Phi) is 6.63. The average molecular weight is 385 g/mol. The van der Waals surface area contributed by atoms with Gasteiger partial charge in [-0.2, -0.15) is 0 Å². The first-order valence-electron chi connectivity index (χ1n) is 6.52. The second kappa shape index (κ2) is 8.48. The predicted octanol–water partition coefficient (Wildman–Crippen LogP) is 4.36.